The molecule has 0 aromatic carbocycles. The highest BCUT2D eigenvalue weighted by atomic mass is 14.8. The summed E-state index contributed by atoms with van der Waals surface area (Å²) in [7, 11) is 0. The van der Waals surface area contributed by atoms with Crippen LogP contribution < -0.4 is 5.32 Å². The van der Waals surface area contributed by atoms with Crippen molar-refractivity contribution >= 4 is 0 Å². The average Bonchev–Trinajstić information content (AvgIpc) is 2.42. The van der Waals surface area contributed by atoms with Crippen LogP contribution in [-0.4, -0.2) is 13.1 Å². The molecule has 0 unspecified atom stereocenters. The molecule has 1 aliphatic heterocycles. The smallest absolute Gasteiger partial charge is 0.0134 e. The van der Waals surface area contributed by atoms with Gasteiger partial charge in [-0.3, -0.25) is 0 Å². The summed E-state index contributed by atoms with van der Waals surface area (Å²) < 4.78 is 0. The molecule has 68 valence electrons. The van der Waals surface area contributed by atoms with E-state index in [1.807, 2.05) is 27.7 Å². The third-order valence-corrected chi connectivity index (χ3v) is 1.15. The van der Waals surface area contributed by atoms with E-state index in [9.17, 15) is 0 Å². The van der Waals surface area contributed by atoms with Crippen molar-refractivity contribution in [2.24, 2.45) is 0 Å². The Morgan fingerprint density at radius 1 is 1.00 bits per heavy atom. The summed E-state index contributed by atoms with van der Waals surface area (Å²) in [6.45, 7) is 10.3. The maximum Gasteiger partial charge on any atom is 0.0134 e. The number of allylic oxidation sites excluding steroid dienone is 1. The Bertz CT molecular complexity index is 59.3. The Balaban J connectivity index is 0. The van der Waals surface area contributed by atoms with Crippen LogP contribution in [0.3, 0.4) is 0 Å². The fourth-order valence-electron chi connectivity index (χ4n) is 0.731. The Hall–Kier alpha value is -0.300. The van der Waals surface area contributed by atoms with Crippen molar-refractivity contribution in [2.75, 3.05) is 13.1 Å². The lowest BCUT2D eigenvalue weighted by atomic mass is 10.3. The zero-order valence-corrected chi connectivity index (χ0v) is 8.48. The van der Waals surface area contributed by atoms with Crippen LogP contribution in [0.1, 0.15) is 40.5 Å². The normalized spacial score (nSPS) is 14.9. The van der Waals surface area contributed by atoms with Gasteiger partial charge in [-0.2, -0.15) is 0 Å². The van der Waals surface area contributed by atoms with Crippen LogP contribution in [0.15, 0.2) is 12.2 Å². The molecule has 0 fully saturated rings. The lowest BCUT2D eigenvalue weighted by Gasteiger charge is -1.91. The molecule has 0 amide bonds. The van der Waals surface area contributed by atoms with E-state index in [-0.39, 0.29) is 0 Å². The van der Waals surface area contributed by atoms with Crippen molar-refractivity contribution in [3.63, 3.8) is 0 Å². The second-order valence-electron chi connectivity index (χ2n) is 1.82. The first-order chi connectivity index (χ1) is 5.50. The number of nitrogens with one attached hydrogen (secondary N) is 1. The van der Waals surface area contributed by atoms with E-state index >= 15 is 0 Å². The number of hydrogen-bond acceptors (Lipinski definition) is 1. The van der Waals surface area contributed by atoms with Crippen molar-refractivity contribution in [2.45, 2.75) is 40.5 Å². The molecular formula is C10H23N. The molecule has 0 saturated carbocycles. The predicted molar refractivity (Wildman–Crippen MR) is 53.9 cm³/mol. The molecule has 0 atom stereocenters. The Kier molecular flexibility index (Phi) is 19.8. The van der Waals surface area contributed by atoms with E-state index in [0.29, 0.717) is 0 Å². The standard InChI is InChI=1S/C6H11N.2C2H6/c1-2-4-6-7-5-3-1;2*1-2/h1,3,7H,2,4-6H2;2*1-2H3. The van der Waals surface area contributed by atoms with Gasteiger partial charge in [-0.1, -0.05) is 39.8 Å². The topological polar surface area (TPSA) is 12.0 Å². The minimum absolute atomic E-state index is 1.07. The molecule has 1 heterocycles. The van der Waals surface area contributed by atoms with Gasteiger partial charge in [-0.15, -0.1) is 0 Å². The van der Waals surface area contributed by atoms with Gasteiger partial charge < -0.3 is 5.32 Å². The second kappa shape index (κ2) is 16.4. The minimum atomic E-state index is 1.07. The van der Waals surface area contributed by atoms with Gasteiger partial charge in [0.15, 0.2) is 0 Å². The SMILES string of the molecule is C1=CCNCCC1.CC.CC. The van der Waals surface area contributed by atoms with Crippen molar-refractivity contribution in [1.82, 2.24) is 5.32 Å². The number of hydrogen-bond donors (Lipinski definition) is 1. The maximum absolute atomic E-state index is 3.26. The summed E-state index contributed by atoms with van der Waals surface area (Å²) in [6, 6.07) is 0. The molecule has 0 spiro atoms. The third kappa shape index (κ3) is 12.8. The van der Waals surface area contributed by atoms with Crippen LogP contribution in [0, 0.1) is 0 Å². The van der Waals surface area contributed by atoms with Gasteiger partial charge in [0.1, 0.15) is 0 Å². The van der Waals surface area contributed by atoms with Crippen LogP contribution in [0.2, 0.25) is 0 Å². The van der Waals surface area contributed by atoms with Crippen molar-refractivity contribution in [3.8, 4) is 0 Å². The molecule has 1 rings (SSSR count). The van der Waals surface area contributed by atoms with Crippen LogP contribution in [-0.2, 0) is 0 Å². The summed E-state index contributed by atoms with van der Waals surface area (Å²) in [4.78, 5) is 0. The molecule has 0 aromatic heterocycles. The summed E-state index contributed by atoms with van der Waals surface area (Å²) in [5, 5.41) is 3.26. The van der Waals surface area contributed by atoms with E-state index in [1.165, 1.54) is 19.4 Å². The van der Waals surface area contributed by atoms with Gasteiger partial charge in [-0.25, -0.2) is 0 Å². The quantitative estimate of drug-likeness (QED) is 0.533. The van der Waals surface area contributed by atoms with Crippen LogP contribution >= 0.6 is 0 Å². The Morgan fingerprint density at radius 3 is 2.27 bits per heavy atom. The highest BCUT2D eigenvalue weighted by molar-refractivity contribution is 4.86. The van der Waals surface area contributed by atoms with E-state index in [1.54, 1.807) is 0 Å². The van der Waals surface area contributed by atoms with Crippen LogP contribution in [0.25, 0.3) is 0 Å². The fraction of sp³-hybridized carbons (Fsp3) is 0.800. The molecule has 1 N–H and O–H groups in total. The largest absolute Gasteiger partial charge is 0.313 e. The molecular weight excluding hydrogens is 134 g/mol. The molecule has 0 aliphatic carbocycles. The first-order valence-electron chi connectivity index (χ1n) is 4.86. The summed E-state index contributed by atoms with van der Waals surface area (Å²) >= 11 is 0. The molecule has 1 aliphatic rings. The molecule has 0 radical (unpaired) electrons. The highest BCUT2D eigenvalue weighted by Crippen LogP contribution is 1.91. The van der Waals surface area contributed by atoms with Crippen molar-refractivity contribution in [3.05, 3.63) is 12.2 Å². The van der Waals surface area contributed by atoms with E-state index in [0.717, 1.165) is 6.54 Å². The molecule has 1 heteroatoms. The lowest BCUT2D eigenvalue weighted by molar-refractivity contribution is 0.721. The maximum atomic E-state index is 3.26. The predicted octanol–water partition coefficient (Wildman–Crippen LogP) is 2.98. The molecule has 11 heavy (non-hydrogen) atoms. The Labute approximate surface area is 71.9 Å². The van der Waals surface area contributed by atoms with E-state index in [2.05, 4.69) is 17.5 Å². The van der Waals surface area contributed by atoms with Gasteiger partial charge in [0, 0.05) is 6.54 Å². The first-order valence-corrected chi connectivity index (χ1v) is 4.86. The number of rotatable bonds is 0. The van der Waals surface area contributed by atoms with Crippen LogP contribution in [0.5, 0.6) is 0 Å². The van der Waals surface area contributed by atoms with Crippen molar-refractivity contribution in [1.29, 1.82) is 0 Å². The molecule has 1 nitrogen and oxygen atoms in total. The second-order valence-corrected chi connectivity index (χ2v) is 1.82. The minimum Gasteiger partial charge on any atom is -0.313 e. The van der Waals surface area contributed by atoms with Gasteiger partial charge in [0.2, 0.25) is 0 Å². The molecule has 0 saturated heterocycles. The average molecular weight is 157 g/mol. The lowest BCUT2D eigenvalue weighted by Crippen LogP contribution is -2.12. The van der Waals surface area contributed by atoms with Gasteiger partial charge in [0.05, 0.1) is 0 Å². The molecule has 0 bridgehead atoms. The van der Waals surface area contributed by atoms with Gasteiger partial charge >= 0.3 is 0 Å². The summed E-state index contributed by atoms with van der Waals surface area (Å²) in [5.74, 6) is 0. The van der Waals surface area contributed by atoms with E-state index in [4.69, 9.17) is 0 Å². The monoisotopic (exact) mass is 157 g/mol. The fourth-order valence-corrected chi connectivity index (χ4v) is 0.731. The summed E-state index contributed by atoms with van der Waals surface area (Å²) in [5.41, 5.74) is 0. The third-order valence-electron chi connectivity index (χ3n) is 1.15. The van der Waals surface area contributed by atoms with Crippen LogP contribution in [0.4, 0.5) is 0 Å². The zero-order chi connectivity index (χ0) is 8.95. The summed E-state index contributed by atoms with van der Waals surface area (Å²) in [6.07, 6.45) is 6.98. The van der Waals surface area contributed by atoms with Gasteiger partial charge in [-0.05, 0) is 19.4 Å². The Morgan fingerprint density at radius 2 is 1.64 bits per heavy atom. The first kappa shape index (κ1) is 13.3. The van der Waals surface area contributed by atoms with Crippen molar-refractivity contribution < 1.29 is 0 Å². The molecule has 0 aromatic rings. The highest BCUT2D eigenvalue weighted by Gasteiger charge is 1.86. The van der Waals surface area contributed by atoms with Gasteiger partial charge in [0.25, 0.3) is 0 Å². The van der Waals surface area contributed by atoms with E-state index < -0.39 is 0 Å². The zero-order valence-electron chi connectivity index (χ0n) is 8.48.